The highest BCUT2D eigenvalue weighted by Gasteiger charge is 2.19. The van der Waals surface area contributed by atoms with Crippen molar-refractivity contribution in [3.63, 3.8) is 0 Å². The number of urea groups is 1. The summed E-state index contributed by atoms with van der Waals surface area (Å²) in [5.41, 5.74) is 1.27. The third-order valence-corrected chi connectivity index (χ3v) is 3.37. The molecule has 0 atom stereocenters. The van der Waals surface area contributed by atoms with Crippen LogP contribution < -0.4 is 10.6 Å². The van der Waals surface area contributed by atoms with Crippen molar-refractivity contribution in [3.05, 3.63) is 28.8 Å². The van der Waals surface area contributed by atoms with Crippen molar-refractivity contribution in [2.24, 2.45) is 0 Å². The number of halogens is 1. The van der Waals surface area contributed by atoms with E-state index < -0.39 is 0 Å². The molecule has 1 fully saturated rings. The SMILES string of the molecule is O=C(Nc1cc(Cl)ccc1C#CCCO)NC1CCC1. The molecule has 106 valence electrons. The fourth-order valence-electron chi connectivity index (χ4n) is 1.84. The molecule has 2 rings (SSSR count). The number of benzene rings is 1. The van der Waals surface area contributed by atoms with Crippen LogP contribution in [0.4, 0.5) is 10.5 Å². The van der Waals surface area contributed by atoms with E-state index in [2.05, 4.69) is 22.5 Å². The molecule has 1 saturated carbocycles. The van der Waals surface area contributed by atoms with Crippen LogP contribution in [-0.4, -0.2) is 23.8 Å². The summed E-state index contributed by atoms with van der Waals surface area (Å²) in [6, 6.07) is 5.19. The van der Waals surface area contributed by atoms with E-state index in [1.54, 1.807) is 18.2 Å². The van der Waals surface area contributed by atoms with Crippen LogP contribution >= 0.6 is 11.6 Å². The van der Waals surface area contributed by atoms with Crippen molar-refractivity contribution in [2.45, 2.75) is 31.7 Å². The summed E-state index contributed by atoms with van der Waals surface area (Å²) in [6.45, 7) is 0.0194. The van der Waals surface area contributed by atoms with Gasteiger partial charge in [-0.25, -0.2) is 4.79 Å². The molecule has 5 heteroatoms. The fourth-order valence-corrected chi connectivity index (χ4v) is 2.01. The first-order valence-electron chi connectivity index (χ1n) is 6.66. The van der Waals surface area contributed by atoms with Gasteiger partial charge in [-0.15, -0.1) is 0 Å². The second-order valence-corrected chi connectivity index (χ2v) is 5.13. The van der Waals surface area contributed by atoms with E-state index in [4.69, 9.17) is 16.7 Å². The average Bonchev–Trinajstić information content (AvgIpc) is 2.37. The Kier molecular flexibility index (Phi) is 5.28. The van der Waals surface area contributed by atoms with E-state index in [1.807, 2.05) is 0 Å². The molecular weight excluding hydrogens is 276 g/mol. The number of hydrogen-bond acceptors (Lipinski definition) is 2. The second-order valence-electron chi connectivity index (χ2n) is 4.69. The van der Waals surface area contributed by atoms with Crippen LogP contribution in [0.5, 0.6) is 0 Å². The lowest BCUT2D eigenvalue weighted by Gasteiger charge is -2.26. The number of aliphatic hydroxyl groups is 1. The summed E-state index contributed by atoms with van der Waals surface area (Å²) in [4.78, 5) is 11.9. The van der Waals surface area contributed by atoms with Crippen LogP contribution in [0.2, 0.25) is 5.02 Å². The highest BCUT2D eigenvalue weighted by molar-refractivity contribution is 6.31. The Bertz CT molecular complexity index is 545. The van der Waals surface area contributed by atoms with Gasteiger partial charge in [0.1, 0.15) is 0 Å². The van der Waals surface area contributed by atoms with E-state index in [0.29, 0.717) is 22.7 Å². The molecule has 20 heavy (non-hydrogen) atoms. The van der Waals surface area contributed by atoms with Gasteiger partial charge in [-0.3, -0.25) is 0 Å². The number of hydrogen-bond donors (Lipinski definition) is 3. The first-order valence-corrected chi connectivity index (χ1v) is 7.03. The highest BCUT2D eigenvalue weighted by Crippen LogP contribution is 2.21. The molecule has 0 radical (unpaired) electrons. The number of carbonyl (C=O) groups is 1. The zero-order chi connectivity index (χ0) is 14.4. The van der Waals surface area contributed by atoms with Crippen molar-refractivity contribution < 1.29 is 9.90 Å². The van der Waals surface area contributed by atoms with Gasteiger partial charge in [0.2, 0.25) is 0 Å². The molecule has 0 unspecified atom stereocenters. The Hall–Kier alpha value is -1.70. The third kappa shape index (κ3) is 4.16. The van der Waals surface area contributed by atoms with Gasteiger partial charge in [0.15, 0.2) is 0 Å². The zero-order valence-electron chi connectivity index (χ0n) is 11.1. The summed E-state index contributed by atoms with van der Waals surface area (Å²) in [6.07, 6.45) is 3.63. The van der Waals surface area contributed by atoms with Gasteiger partial charge in [-0.1, -0.05) is 23.4 Å². The molecule has 0 heterocycles. The maximum Gasteiger partial charge on any atom is 0.319 e. The summed E-state index contributed by atoms with van der Waals surface area (Å²) in [5.74, 6) is 5.75. The Labute approximate surface area is 123 Å². The predicted octanol–water partition coefficient (Wildman–Crippen LogP) is 2.75. The normalized spacial score (nSPS) is 13.9. The lowest BCUT2D eigenvalue weighted by molar-refractivity contribution is 0.240. The molecule has 0 bridgehead atoms. The quantitative estimate of drug-likeness (QED) is 0.750. The Morgan fingerprint density at radius 3 is 2.90 bits per heavy atom. The van der Waals surface area contributed by atoms with E-state index in [0.717, 1.165) is 12.8 Å². The number of amides is 2. The number of rotatable bonds is 3. The molecule has 3 N–H and O–H groups in total. The summed E-state index contributed by atoms with van der Waals surface area (Å²) in [5, 5.41) is 14.9. The molecule has 0 saturated heterocycles. The lowest BCUT2D eigenvalue weighted by Crippen LogP contribution is -2.41. The largest absolute Gasteiger partial charge is 0.395 e. The molecule has 1 aromatic carbocycles. The minimum absolute atomic E-state index is 0.0194. The molecule has 1 aliphatic carbocycles. The van der Waals surface area contributed by atoms with Crippen molar-refractivity contribution in [1.82, 2.24) is 5.32 Å². The van der Waals surface area contributed by atoms with Crippen molar-refractivity contribution in [2.75, 3.05) is 11.9 Å². The molecule has 0 aliphatic heterocycles. The standard InChI is InChI=1S/C15H17ClN2O2/c16-12-8-7-11(4-1-2-9-19)14(10-12)18-15(20)17-13-5-3-6-13/h7-8,10,13,19H,2-3,5-6,9H2,(H2,17,18,20). The van der Waals surface area contributed by atoms with Gasteiger partial charge in [0, 0.05) is 23.0 Å². The number of nitrogens with one attached hydrogen (secondary N) is 2. The third-order valence-electron chi connectivity index (χ3n) is 3.13. The van der Waals surface area contributed by atoms with Crippen LogP contribution in [0, 0.1) is 11.8 Å². The van der Waals surface area contributed by atoms with E-state index in [-0.39, 0.29) is 18.7 Å². The maximum atomic E-state index is 11.9. The second kappa shape index (κ2) is 7.18. The number of carbonyl (C=O) groups excluding carboxylic acids is 1. The smallest absolute Gasteiger partial charge is 0.319 e. The summed E-state index contributed by atoms with van der Waals surface area (Å²) < 4.78 is 0. The monoisotopic (exact) mass is 292 g/mol. The highest BCUT2D eigenvalue weighted by atomic mass is 35.5. The zero-order valence-corrected chi connectivity index (χ0v) is 11.8. The minimum Gasteiger partial charge on any atom is -0.395 e. The number of aliphatic hydroxyl groups excluding tert-OH is 1. The van der Waals surface area contributed by atoms with Crippen molar-refractivity contribution in [3.8, 4) is 11.8 Å². The lowest BCUT2D eigenvalue weighted by atomic mass is 9.93. The number of anilines is 1. The van der Waals surface area contributed by atoms with Crippen LogP contribution in [-0.2, 0) is 0 Å². The van der Waals surface area contributed by atoms with Crippen molar-refractivity contribution in [1.29, 1.82) is 0 Å². The van der Waals surface area contributed by atoms with Gasteiger partial charge in [-0.2, -0.15) is 0 Å². The van der Waals surface area contributed by atoms with Crippen LogP contribution in [0.1, 0.15) is 31.2 Å². The molecular formula is C15H17ClN2O2. The Morgan fingerprint density at radius 2 is 2.25 bits per heavy atom. The van der Waals surface area contributed by atoms with E-state index in [1.165, 1.54) is 6.42 Å². The van der Waals surface area contributed by atoms with Gasteiger partial charge < -0.3 is 15.7 Å². The van der Waals surface area contributed by atoms with E-state index >= 15 is 0 Å². The molecule has 1 aliphatic rings. The molecule has 0 spiro atoms. The molecule has 2 amide bonds. The van der Waals surface area contributed by atoms with Crippen molar-refractivity contribution >= 4 is 23.3 Å². The average molecular weight is 293 g/mol. The van der Waals surface area contributed by atoms with Gasteiger partial charge >= 0.3 is 6.03 Å². The first-order chi connectivity index (χ1) is 9.69. The first kappa shape index (κ1) is 14.7. The fraction of sp³-hybridized carbons (Fsp3) is 0.400. The van der Waals surface area contributed by atoms with E-state index in [9.17, 15) is 4.79 Å². The predicted molar refractivity (Wildman–Crippen MR) is 79.8 cm³/mol. The van der Waals surface area contributed by atoms with Crippen LogP contribution in [0.3, 0.4) is 0 Å². The Balaban J connectivity index is 2.06. The Morgan fingerprint density at radius 1 is 1.45 bits per heavy atom. The maximum absolute atomic E-state index is 11.9. The molecule has 4 nitrogen and oxygen atoms in total. The minimum atomic E-state index is -0.234. The summed E-state index contributed by atoms with van der Waals surface area (Å²) >= 11 is 5.95. The van der Waals surface area contributed by atoms with Crippen LogP contribution in [0.15, 0.2) is 18.2 Å². The topological polar surface area (TPSA) is 61.4 Å². The van der Waals surface area contributed by atoms with Crippen LogP contribution in [0.25, 0.3) is 0 Å². The van der Waals surface area contributed by atoms with Gasteiger partial charge in [0.05, 0.1) is 12.3 Å². The molecule has 0 aromatic heterocycles. The molecule has 1 aromatic rings. The summed E-state index contributed by atoms with van der Waals surface area (Å²) in [7, 11) is 0. The van der Waals surface area contributed by atoms with Gasteiger partial charge in [-0.05, 0) is 37.5 Å². The van der Waals surface area contributed by atoms with Gasteiger partial charge in [0.25, 0.3) is 0 Å².